The van der Waals surface area contributed by atoms with Crippen molar-refractivity contribution >= 4 is 5.97 Å². The van der Waals surface area contributed by atoms with Crippen LogP contribution in [0.25, 0.3) is 11.3 Å². The average Bonchev–Trinajstić information content (AvgIpc) is 2.92. The highest BCUT2D eigenvalue weighted by Crippen LogP contribution is 2.36. The number of carbonyl (C=O) groups is 1. The molecule has 0 amide bonds. The van der Waals surface area contributed by atoms with E-state index in [1.165, 1.54) is 0 Å². The van der Waals surface area contributed by atoms with Crippen LogP contribution in [0.4, 0.5) is 0 Å². The minimum Gasteiger partial charge on any atom is -0.486 e. The van der Waals surface area contributed by atoms with Crippen molar-refractivity contribution < 1.29 is 23.9 Å². The Morgan fingerprint density at radius 3 is 2.62 bits per heavy atom. The number of carboxylic acid groups (broad SMARTS) is 1. The lowest BCUT2D eigenvalue weighted by molar-refractivity contribution is 0.0694. The third kappa shape index (κ3) is 2.33. The van der Waals surface area contributed by atoms with Crippen molar-refractivity contribution in [3.63, 3.8) is 0 Å². The monoisotopic (exact) mass is 289 g/mol. The summed E-state index contributed by atoms with van der Waals surface area (Å²) in [6, 6.07) is 5.23. The van der Waals surface area contributed by atoms with Gasteiger partial charge in [-0.05, 0) is 18.2 Å². The van der Waals surface area contributed by atoms with Crippen LogP contribution in [-0.2, 0) is 0 Å². The Hall–Kier alpha value is -2.50. The van der Waals surface area contributed by atoms with Crippen LogP contribution in [0.5, 0.6) is 11.5 Å². The number of hydrogen-bond acceptors (Lipinski definition) is 5. The zero-order chi connectivity index (χ0) is 15.0. The Morgan fingerprint density at radius 2 is 1.95 bits per heavy atom. The summed E-state index contributed by atoms with van der Waals surface area (Å²) >= 11 is 0. The maximum absolute atomic E-state index is 11.5. The van der Waals surface area contributed by atoms with Crippen LogP contribution < -0.4 is 9.47 Å². The second-order valence-electron chi connectivity index (χ2n) is 5.09. The first-order valence-corrected chi connectivity index (χ1v) is 6.71. The van der Waals surface area contributed by atoms with Gasteiger partial charge in [0.1, 0.15) is 24.5 Å². The first-order valence-electron chi connectivity index (χ1n) is 6.71. The molecule has 0 unspecified atom stereocenters. The number of benzene rings is 1. The number of aromatic nitrogens is 1. The maximum Gasteiger partial charge on any atom is 0.341 e. The molecule has 1 aromatic heterocycles. The van der Waals surface area contributed by atoms with E-state index >= 15 is 0 Å². The van der Waals surface area contributed by atoms with Gasteiger partial charge in [0, 0.05) is 11.5 Å². The highest BCUT2D eigenvalue weighted by Gasteiger charge is 2.26. The Kier molecular flexibility index (Phi) is 3.29. The smallest absolute Gasteiger partial charge is 0.341 e. The number of carboxylic acids is 1. The van der Waals surface area contributed by atoms with E-state index in [1.54, 1.807) is 18.2 Å². The number of nitrogens with zero attached hydrogens (tertiary/aromatic N) is 1. The molecule has 2 aromatic rings. The van der Waals surface area contributed by atoms with E-state index in [4.69, 9.17) is 14.0 Å². The van der Waals surface area contributed by atoms with Crippen LogP contribution in [0, 0.1) is 0 Å². The fraction of sp³-hybridized carbons (Fsp3) is 0.333. The second-order valence-corrected chi connectivity index (χ2v) is 5.09. The van der Waals surface area contributed by atoms with Gasteiger partial charge in [-0.25, -0.2) is 4.79 Å². The van der Waals surface area contributed by atoms with Gasteiger partial charge in [-0.3, -0.25) is 0 Å². The number of aromatic carboxylic acids is 1. The maximum atomic E-state index is 11.5. The van der Waals surface area contributed by atoms with Crippen molar-refractivity contribution in [2.24, 2.45) is 0 Å². The largest absolute Gasteiger partial charge is 0.486 e. The summed E-state index contributed by atoms with van der Waals surface area (Å²) in [7, 11) is 0. The first kappa shape index (κ1) is 13.5. The minimum absolute atomic E-state index is 0.0606. The molecule has 3 rings (SSSR count). The van der Waals surface area contributed by atoms with E-state index in [1.807, 2.05) is 13.8 Å². The highest BCUT2D eigenvalue weighted by atomic mass is 16.6. The number of hydrogen-bond donors (Lipinski definition) is 1. The average molecular weight is 289 g/mol. The lowest BCUT2D eigenvalue weighted by atomic mass is 10.0. The van der Waals surface area contributed by atoms with Gasteiger partial charge in [0.2, 0.25) is 0 Å². The van der Waals surface area contributed by atoms with Gasteiger partial charge in [-0.15, -0.1) is 0 Å². The van der Waals surface area contributed by atoms with Gasteiger partial charge in [-0.1, -0.05) is 19.0 Å². The zero-order valence-corrected chi connectivity index (χ0v) is 11.8. The second kappa shape index (κ2) is 5.12. The van der Waals surface area contributed by atoms with E-state index in [9.17, 15) is 9.90 Å². The normalized spacial score (nSPS) is 13.5. The Balaban J connectivity index is 2.10. The van der Waals surface area contributed by atoms with Crippen molar-refractivity contribution in [2.75, 3.05) is 13.2 Å². The predicted molar refractivity (Wildman–Crippen MR) is 74.0 cm³/mol. The molecule has 0 bridgehead atoms. The zero-order valence-electron chi connectivity index (χ0n) is 11.8. The van der Waals surface area contributed by atoms with Gasteiger partial charge < -0.3 is 19.1 Å². The van der Waals surface area contributed by atoms with Crippen LogP contribution in [0.1, 0.15) is 35.9 Å². The topological polar surface area (TPSA) is 81.8 Å². The molecule has 1 N–H and O–H groups in total. The molecule has 1 aliphatic rings. The van der Waals surface area contributed by atoms with Crippen molar-refractivity contribution in [1.82, 2.24) is 5.16 Å². The molecule has 1 aromatic carbocycles. The standard InChI is InChI=1S/C15H15NO5/c1-8(2)14-12(15(17)18)13(16-21-14)9-3-4-10-11(7-9)20-6-5-19-10/h3-4,7-8H,5-6H2,1-2H3,(H,17,18). The molecule has 0 fully saturated rings. The predicted octanol–water partition coefficient (Wildman–Crippen LogP) is 2.93. The molecule has 2 heterocycles. The van der Waals surface area contributed by atoms with Gasteiger partial charge in [0.15, 0.2) is 17.3 Å². The Labute approximate surface area is 121 Å². The lowest BCUT2D eigenvalue weighted by Gasteiger charge is -2.18. The van der Waals surface area contributed by atoms with Crippen LogP contribution >= 0.6 is 0 Å². The fourth-order valence-electron chi connectivity index (χ4n) is 2.29. The highest BCUT2D eigenvalue weighted by molar-refractivity contribution is 5.96. The van der Waals surface area contributed by atoms with Crippen LogP contribution in [0.3, 0.4) is 0 Å². The minimum atomic E-state index is -1.05. The molecule has 0 radical (unpaired) electrons. The molecule has 0 spiro atoms. The summed E-state index contributed by atoms with van der Waals surface area (Å²) in [5.74, 6) is 0.491. The van der Waals surface area contributed by atoms with Gasteiger partial charge in [0.25, 0.3) is 0 Å². The lowest BCUT2D eigenvalue weighted by Crippen LogP contribution is -2.15. The summed E-state index contributed by atoms with van der Waals surface area (Å²) < 4.78 is 16.2. The molecule has 110 valence electrons. The SMILES string of the molecule is CC(C)c1onc(-c2ccc3c(c2)OCCO3)c1C(=O)O. The van der Waals surface area contributed by atoms with Gasteiger partial charge in [0.05, 0.1) is 0 Å². The van der Waals surface area contributed by atoms with E-state index in [2.05, 4.69) is 5.16 Å². The Morgan fingerprint density at radius 1 is 1.24 bits per heavy atom. The number of ether oxygens (including phenoxy) is 2. The Bertz CT molecular complexity index is 689. The number of fused-ring (bicyclic) bond motifs is 1. The summed E-state index contributed by atoms with van der Waals surface area (Å²) in [6.07, 6.45) is 0. The van der Waals surface area contributed by atoms with E-state index < -0.39 is 5.97 Å². The molecular weight excluding hydrogens is 274 g/mol. The van der Waals surface area contributed by atoms with E-state index in [0.29, 0.717) is 41.7 Å². The molecule has 21 heavy (non-hydrogen) atoms. The fourth-order valence-corrected chi connectivity index (χ4v) is 2.29. The van der Waals surface area contributed by atoms with Crippen molar-refractivity contribution in [2.45, 2.75) is 19.8 Å². The molecule has 6 nitrogen and oxygen atoms in total. The summed E-state index contributed by atoms with van der Waals surface area (Å²) in [5.41, 5.74) is 1.04. The summed E-state index contributed by atoms with van der Waals surface area (Å²) in [6.45, 7) is 4.70. The number of rotatable bonds is 3. The molecule has 0 atom stereocenters. The molecule has 0 aliphatic carbocycles. The van der Waals surface area contributed by atoms with E-state index in [0.717, 1.165) is 0 Å². The molecule has 0 saturated carbocycles. The van der Waals surface area contributed by atoms with Crippen molar-refractivity contribution in [3.8, 4) is 22.8 Å². The first-order chi connectivity index (χ1) is 10.1. The molecular formula is C15H15NO5. The van der Waals surface area contributed by atoms with Crippen LogP contribution in [0.2, 0.25) is 0 Å². The van der Waals surface area contributed by atoms with E-state index in [-0.39, 0.29) is 11.5 Å². The van der Waals surface area contributed by atoms with Crippen molar-refractivity contribution in [1.29, 1.82) is 0 Å². The third-order valence-electron chi connectivity index (χ3n) is 3.27. The molecule has 6 heteroatoms. The molecule has 0 saturated heterocycles. The van der Waals surface area contributed by atoms with Crippen molar-refractivity contribution in [3.05, 3.63) is 29.5 Å². The van der Waals surface area contributed by atoms with Crippen LogP contribution in [-0.4, -0.2) is 29.4 Å². The summed E-state index contributed by atoms with van der Waals surface area (Å²) in [5, 5.41) is 13.4. The van der Waals surface area contributed by atoms with Gasteiger partial charge >= 0.3 is 5.97 Å². The third-order valence-corrected chi connectivity index (χ3v) is 3.27. The molecule has 1 aliphatic heterocycles. The van der Waals surface area contributed by atoms with Crippen LogP contribution in [0.15, 0.2) is 22.7 Å². The summed E-state index contributed by atoms with van der Waals surface area (Å²) in [4.78, 5) is 11.5. The van der Waals surface area contributed by atoms with Gasteiger partial charge in [-0.2, -0.15) is 0 Å². The quantitative estimate of drug-likeness (QED) is 0.935.